The predicted molar refractivity (Wildman–Crippen MR) is 130 cm³/mol. The smallest absolute Gasteiger partial charge is 0.341 e. The lowest BCUT2D eigenvalue weighted by atomic mass is 9.95. The van der Waals surface area contributed by atoms with Crippen LogP contribution in [0.5, 0.6) is 0 Å². The van der Waals surface area contributed by atoms with Crippen LogP contribution in [0.1, 0.15) is 47.5 Å². The Labute approximate surface area is 186 Å². The van der Waals surface area contributed by atoms with E-state index in [9.17, 15) is 4.79 Å². The lowest BCUT2D eigenvalue weighted by molar-refractivity contribution is 0.0459. The molecule has 0 aliphatic heterocycles. The largest absolute Gasteiger partial charge is 0.462 e. The van der Waals surface area contributed by atoms with Gasteiger partial charge in [-0.05, 0) is 60.8 Å². The Morgan fingerprint density at radius 3 is 2.70 bits per heavy atom. The van der Waals surface area contributed by atoms with Gasteiger partial charge >= 0.3 is 5.97 Å². The number of esters is 1. The molecule has 4 rings (SSSR count). The minimum Gasteiger partial charge on any atom is -0.462 e. The molecule has 0 atom stereocenters. The van der Waals surface area contributed by atoms with Gasteiger partial charge in [0.25, 0.3) is 0 Å². The predicted octanol–water partition coefficient (Wildman–Crippen LogP) is 6.40. The number of carbonyl (C=O) groups is 1. The second kappa shape index (κ2) is 9.14. The minimum atomic E-state index is -0.251. The molecule has 0 amide bonds. The maximum Gasteiger partial charge on any atom is 0.341 e. The number of hydrogen-bond acceptors (Lipinski definition) is 4. The summed E-state index contributed by atoms with van der Waals surface area (Å²) in [6.45, 7) is 4.50. The highest BCUT2D eigenvalue weighted by molar-refractivity contribution is 7.80. The van der Waals surface area contributed by atoms with Crippen LogP contribution in [0.3, 0.4) is 0 Å². The van der Waals surface area contributed by atoms with Crippen LogP contribution < -0.4 is 10.6 Å². The minimum absolute atomic E-state index is 0.251. The number of hydrogen-bond donors (Lipinski definition) is 2. The van der Waals surface area contributed by atoms with Gasteiger partial charge in [0.2, 0.25) is 0 Å². The van der Waals surface area contributed by atoms with Crippen molar-refractivity contribution in [2.45, 2.75) is 39.5 Å². The highest BCUT2D eigenvalue weighted by Gasteiger charge is 2.27. The Hall–Kier alpha value is -2.44. The fourth-order valence-corrected chi connectivity index (χ4v) is 5.33. The molecule has 0 saturated heterocycles. The van der Waals surface area contributed by atoms with Gasteiger partial charge in [0.15, 0.2) is 5.11 Å². The third-order valence-corrected chi connectivity index (χ3v) is 6.60. The number of nitrogens with one attached hydrogen (secondary N) is 2. The summed E-state index contributed by atoms with van der Waals surface area (Å²) in [7, 11) is 0. The van der Waals surface area contributed by atoms with Crippen LogP contribution in [0.4, 0.5) is 10.7 Å². The molecule has 0 saturated carbocycles. The first kappa shape index (κ1) is 20.8. The lowest BCUT2D eigenvalue weighted by Crippen LogP contribution is -2.21. The molecule has 2 N–H and O–H groups in total. The Balaban J connectivity index is 1.58. The molecular weight excluding hydrogens is 412 g/mol. The summed E-state index contributed by atoms with van der Waals surface area (Å²) < 4.78 is 5.58. The molecule has 0 radical (unpaired) electrons. The van der Waals surface area contributed by atoms with Gasteiger partial charge in [0.1, 0.15) is 5.00 Å². The normalized spacial score (nSPS) is 13.2. The molecule has 2 aromatic carbocycles. The van der Waals surface area contributed by atoms with Crippen molar-refractivity contribution in [1.82, 2.24) is 0 Å². The number of anilines is 2. The van der Waals surface area contributed by atoms with Gasteiger partial charge in [0.05, 0.1) is 12.2 Å². The van der Waals surface area contributed by atoms with Gasteiger partial charge in [0, 0.05) is 16.0 Å². The molecule has 0 bridgehead atoms. The summed E-state index contributed by atoms with van der Waals surface area (Å²) in [6, 6.07) is 14.3. The van der Waals surface area contributed by atoms with Crippen LogP contribution in [0.15, 0.2) is 42.5 Å². The molecule has 156 valence electrons. The number of thiocarbonyl (C=S) groups is 1. The SMILES string of the molecule is CC(C)COC(=O)c1c(NC(=S)Nc2cccc3ccccc23)sc2c1CCCC2. The maximum atomic E-state index is 12.9. The second-order valence-electron chi connectivity index (χ2n) is 8.01. The van der Waals surface area contributed by atoms with Crippen molar-refractivity contribution in [3.63, 3.8) is 0 Å². The van der Waals surface area contributed by atoms with Gasteiger partial charge in [-0.2, -0.15) is 0 Å². The molecular formula is C24H26N2O2S2. The molecule has 30 heavy (non-hydrogen) atoms. The van der Waals surface area contributed by atoms with E-state index >= 15 is 0 Å². The fourth-order valence-electron chi connectivity index (χ4n) is 3.78. The lowest BCUT2D eigenvalue weighted by Gasteiger charge is -2.15. The van der Waals surface area contributed by atoms with Gasteiger partial charge in [-0.25, -0.2) is 4.79 Å². The van der Waals surface area contributed by atoms with Gasteiger partial charge < -0.3 is 15.4 Å². The summed E-state index contributed by atoms with van der Waals surface area (Å²) in [5.41, 5.74) is 2.74. The molecule has 1 aromatic heterocycles. The van der Waals surface area contributed by atoms with Crippen LogP contribution in [-0.4, -0.2) is 17.7 Å². The topological polar surface area (TPSA) is 50.4 Å². The average Bonchev–Trinajstić information content (AvgIpc) is 3.10. The van der Waals surface area contributed by atoms with E-state index in [1.165, 1.54) is 4.88 Å². The summed E-state index contributed by atoms with van der Waals surface area (Å²) in [5.74, 6) is 0.0486. The summed E-state index contributed by atoms with van der Waals surface area (Å²) in [6.07, 6.45) is 4.19. The maximum absolute atomic E-state index is 12.9. The molecule has 6 heteroatoms. The van der Waals surface area contributed by atoms with Crippen molar-refractivity contribution in [2.75, 3.05) is 17.2 Å². The Morgan fingerprint density at radius 2 is 1.87 bits per heavy atom. The van der Waals surface area contributed by atoms with E-state index in [1.54, 1.807) is 11.3 Å². The number of ether oxygens (including phenoxy) is 1. The summed E-state index contributed by atoms with van der Waals surface area (Å²) >= 11 is 7.23. The summed E-state index contributed by atoms with van der Waals surface area (Å²) in [4.78, 5) is 14.2. The van der Waals surface area contributed by atoms with Crippen molar-refractivity contribution in [3.8, 4) is 0 Å². The van der Waals surface area contributed by atoms with Crippen molar-refractivity contribution < 1.29 is 9.53 Å². The van der Waals surface area contributed by atoms with E-state index in [0.29, 0.717) is 23.2 Å². The van der Waals surface area contributed by atoms with Crippen molar-refractivity contribution in [3.05, 3.63) is 58.5 Å². The zero-order chi connectivity index (χ0) is 21.1. The zero-order valence-electron chi connectivity index (χ0n) is 17.3. The Morgan fingerprint density at radius 1 is 1.10 bits per heavy atom. The number of aryl methyl sites for hydroxylation is 1. The van der Waals surface area contributed by atoms with E-state index in [0.717, 1.165) is 52.7 Å². The van der Waals surface area contributed by atoms with Crippen molar-refractivity contribution in [2.24, 2.45) is 5.92 Å². The van der Waals surface area contributed by atoms with Gasteiger partial charge in [-0.1, -0.05) is 50.2 Å². The molecule has 0 fully saturated rings. The number of fused-ring (bicyclic) bond motifs is 2. The Bertz CT molecular complexity index is 1080. The third-order valence-electron chi connectivity index (χ3n) is 5.19. The van der Waals surface area contributed by atoms with Gasteiger partial charge in [-0.15, -0.1) is 11.3 Å². The van der Waals surface area contributed by atoms with Gasteiger partial charge in [-0.3, -0.25) is 0 Å². The molecule has 3 aromatic rings. The molecule has 1 aliphatic rings. The van der Waals surface area contributed by atoms with Crippen LogP contribution in [-0.2, 0) is 17.6 Å². The molecule has 1 heterocycles. The average molecular weight is 439 g/mol. The van der Waals surface area contributed by atoms with E-state index in [2.05, 4.69) is 28.8 Å². The number of benzene rings is 2. The van der Waals surface area contributed by atoms with E-state index in [-0.39, 0.29) is 5.97 Å². The van der Waals surface area contributed by atoms with Crippen LogP contribution in [0.25, 0.3) is 10.8 Å². The number of carbonyl (C=O) groups excluding carboxylic acids is 1. The van der Waals surface area contributed by atoms with Crippen LogP contribution in [0, 0.1) is 5.92 Å². The van der Waals surface area contributed by atoms with E-state index in [4.69, 9.17) is 17.0 Å². The second-order valence-corrected chi connectivity index (χ2v) is 9.53. The standard InChI is InChI=1S/C24H26N2O2S2/c1-15(2)14-28-23(27)21-18-11-5-6-13-20(18)30-22(21)26-24(29)25-19-12-7-9-16-8-3-4-10-17(16)19/h3-4,7-10,12,15H,5-6,11,13-14H2,1-2H3,(H2,25,26,29). The van der Waals surface area contributed by atoms with Crippen LogP contribution in [0.2, 0.25) is 0 Å². The number of thiophene rings is 1. The third kappa shape index (κ3) is 4.50. The molecule has 4 nitrogen and oxygen atoms in total. The monoisotopic (exact) mass is 438 g/mol. The fraction of sp³-hybridized carbons (Fsp3) is 0.333. The zero-order valence-corrected chi connectivity index (χ0v) is 18.9. The molecule has 0 unspecified atom stereocenters. The van der Waals surface area contributed by atoms with Crippen molar-refractivity contribution in [1.29, 1.82) is 0 Å². The van der Waals surface area contributed by atoms with Crippen molar-refractivity contribution >= 4 is 56.1 Å². The van der Waals surface area contributed by atoms with E-state index in [1.807, 2.05) is 38.1 Å². The number of rotatable bonds is 5. The first-order valence-electron chi connectivity index (χ1n) is 10.4. The van der Waals surface area contributed by atoms with E-state index < -0.39 is 0 Å². The van der Waals surface area contributed by atoms with Crippen LogP contribution >= 0.6 is 23.6 Å². The first-order chi connectivity index (χ1) is 14.5. The quantitative estimate of drug-likeness (QED) is 0.356. The molecule has 0 spiro atoms. The summed E-state index contributed by atoms with van der Waals surface area (Å²) in [5, 5.41) is 10.1. The Kier molecular flexibility index (Phi) is 6.35. The highest BCUT2D eigenvalue weighted by Crippen LogP contribution is 2.39. The highest BCUT2D eigenvalue weighted by atomic mass is 32.1. The molecule has 1 aliphatic carbocycles. The first-order valence-corrected chi connectivity index (χ1v) is 11.6.